The van der Waals surface area contributed by atoms with Crippen molar-refractivity contribution in [2.45, 2.75) is 53.1 Å². The van der Waals surface area contributed by atoms with Crippen LogP contribution in [0.15, 0.2) is 16.9 Å². The summed E-state index contributed by atoms with van der Waals surface area (Å²) in [7, 11) is 2.80. The third-order valence-corrected chi connectivity index (χ3v) is 6.13. The normalized spacial score (nSPS) is 12.7. The number of nitrogens with one attached hydrogen (secondary N) is 1. The van der Waals surface area contributed by atoms with Gasteiger partial charge in [-0.3, -0.25) is 9.25 Å². The van der Waals surface area contributed by atoms with Crippen LogP contribution in [0, 0.1) is 19.7 Å². The molecule has 1 aromatic carbocycles. The predicted molar refractivity (Wildman–Crippen MR) is 133 cm³/mol. The Morgan fingerprint density at radius 3 is 2.46 bits per heavy atom. The van der Waals surface area contributed by atoms with E-state index in [1.54, 1.807) is 26.8 Å². The van der Waals surface area contributed by atoms with Crippen LogP contribution in [0.5, 0.6) is 11.6 Å². The minimum absolute atomic E-state index is 0.0307. The number of rotatable bonds is 8. The molecule has 0 unspecified atom stereocenters. The van der Waals surface area contributed by atoms with E-state index < -0.39 is 41.8 Å². The molecule has 210 valence electrons. The van der Waals surface area contributed by atoms with Crippen molar-refractivity contribution >= 4 is 22.4 Å². The van der Waals surface area contributed by atoms with E-state index in [4.69, 9.17) is 9.47 Å². The number of aliphatic hydroxyl groups is 1. The lowest BCUT2D eigenvalue weighted by molar-refractivity contribution is -0.188. The molecular weight excluding hydrogens is 526 g/mol. The lowest BCUT2D eigenvalue weighted by atomic mass is 10.1. The van der Waals surface area contributed by atoms with Gasteiger partial charge in [0.05, 0.1) is 12.5 Å². The zero-order chi connectivity index (χ0) is 28.8. The van der Waals surface area contributed by atoms with Gasteiger partial charge in [-0.2, -0.15) is 23.0 Å². The topological polar surface area (TPSA) is 121 Å². The molecule has 0 amide bonds. The first kappa shape index (κ1) is 27.9. The number of ether oxygens (including phenoxy) is 2. The van der Waals surface area contributed by atoms with Gasteiger partial charge >= 0.3 is 11.9 Å². The molecule has 0 saturated carbocycles. The van der Waals surface area contributed by atoms with Crippen molar-refractivity contribution < 1.29 is 32.1 Å². The zero-order valence-corrected chi connectivity index (χ0v) is 22.0. The molecule has 0 aliphatic heterocycles. The minimum Gasteiger partial charge on any atom is -0.480 e. The maximum atomic E-state index is 16.1. The summed E-state index contributed by atoms with van der Waals surface area (Å²) in [4.78, 5) is 17.2. The average molecular weight is 554 g/mol. The molecule has 39 heavy (non-hydrogen) atoms. The lowest BCUT2D eigenvalue weighted by Crippen LogP contribution is -2.31. The van der Waals surface area contributed by atoms with Gasteiger partial charge in [-0.15, -0.1) is 5.10 Å². The fourth-order valence-electron chi connectivity index (χ4n) is 4.23. The molecule has 0 fully saturated rings. The highest BCUT2D eigenvalue weighted by Gasteiger charge is 2.39. The Bertz CT molecular complexity index is 1610. The molecule has 15 heteroatoms. The molecule has 4 rings (SSSR count). The largest absolute Gasteiger partial charge is 0.480 e. The molecule has 0 aliphatic rings. The predicted octanol–water partition coefficient (Wildman–Crippen LogP) is 3.67. The highest BCUT2D eigenvalue weighted by molar-refractivity contribution is 5.99. The Hall–Kier alpha value is -4.14. The van der Waals surface area contributed by atoms with Crippen molar-refractivity contribution in [1.29, 1.82) is 0 Å². The van der Waals surface area contributed by atoms with E-state index in [2.05, 4.69) is 20.5 Å². The van der Waals surface area contributed by atoms with E-state index in [0.717, 1.165) is 22.2 Å². The molecule has 0 spiro atoms. The van der Waals surface area contributed by atoms with E-state index >= 15 is 4.39 Å². The van der Waals surface area contributed by atoms with Crippen molar-refractivity contribution in [3.63, 3.8) is 0 Å². The highest BCUT2D eigenvalue weighted by Crippen LogP contribution is 2.41. The second-order valence-corrected chi connectivity index (χ2v) is 8.81. The number of aromatic nitrogens is 6. The maximum Gasteiger partial charge on any atom is 0.425 e. The quantitative estimate of drug-likeness (QED) is 0.317. The van der Waals surface area contributed by atoms with Gasteiger partial charge in [-0.1, -0.05) is 0 Å². The standard InChI is InChI=1S/C24H27F4N7O4/c1-7-34-16(10-36)31-35(23(34)37)14-9-15(39-13(4)24(26,27)28)17-20(18(14)25)33(5)32-21(17)30-19-11(2)8-12(3)29-22(19)38-6/h8-9,13,36H,7,10H2,1-6H3,(H,30,32)/t13-/m0/s1. The van der Waals surface area contributed by atoms with Crippen molar-refractivity contribution in [3.05, 3.63) is 45.5 Å². The van der Waals surface area contributed by atoms with Gasteiger partial charge in [0.1, 0.15) is 29.2 Å². The van der Waals surface area contributed by atoms with E-state index in [9.17, 15) is 23.1 Å². The highest BCUT2D eigenvalue weighted by atomic mass is 19.4. The van der Waals surface area contributed by atoms with Crippen LogP contribution in [0.2, 0.25) is 0 Å². The van der Waals surface area contributed by atoms with E-state index in [0.29, 0.717) is 21.6 Å². The number of halogens is 4. The number of hydrogen-bond acceptors (Lipinski definition) is 8. The Morgan fingerprint density at radius 2 is 1.90 bits per heavy atom. The molecular formula is C24H27F4N7O4. The molecule has 2 N–H and O–H groups in total. The van der Waals surface area contributed by atoms with Gasteiger partial charge in [0, 0.05) is 25.4 Å². The fraction of sp³-hybridized carbons (Fsp3) is 0.417. The number of pyridine rings is 1. The van der Waals surface area contributed by atoms with Crippen LogP contribution in [-0.4, -0.2) is 53.6 Å². The van der Waals surface area contributed by atoms with Crippen LogP contribution >= 0.6 is 0 Å². The fourth-order valence-corrected chi connectivity index (χ4v) is 4.23. The molecule has 0 saturated heterocycles. The van der Waals surface area contributed by atoms with Crippen molar-refractivity contribution in [3.8, 4) is 17.3 Å². The Balaban J connectivity index is 2.01. The Morgan fingerprint density at radius 1 is 1.21 bits per heavy atom. The number of aryl methyl sites for hydroxylation is 3. The number of nitrogens with zero attached hydrogens (tertiary/aromatic N) is 6. The molecule has 1 atom stereocenters. The van der Waals surface area contributed by atoms with E-state index in [-0.39, 0.29) is 35.0 Å². The summed E-state index contributed by atoms with van der Waals surface area (Å²) in [5, 5.41) is 20.8. The molecule has 11 nitrogen and oxygen atoms in total. The smallest absolute Gasteiger partial charge is 0.425 e. The van der Waals surface area contributed by atoms with Gasteiger partial charge in [0.15, 0.2) is 23.6 Å². The second-order valence-electron chi connectivity index (χ2n) is 8.81. The summed E-state index contributed by atoms with van der Waals surface area (Å²) in [6.45, 7) is 5.47. The number of anilines is 2. The number of methoxy groups -OCH3 is 1. The average Bonchev–Trinajstić information content (AvgIpc) is 3.37. The zero-order valence-electron chi connectivity index (χ0n) is 22.0. The molecule has 0 radical (unpaired) electrons. The molecule has 3 aromatic heterocycles. The van der Waals surface area contributed by atoms with E-state index in [1.807, 2.05) is 0 Å². The number of alkyl halides is 3. The third kappa shape index (κ3) is 4.89. The number of aliphatic hydroxyl groups excluding tert-OH is 1. The van der Waals surface area contributed by atoms with Crippen LogP contribution in [0.1, 0.15) is 30.9 Å². The number of benzene rings is 1. The first-order valence-electron chi connectivity index (χ1n) is 11.8. The van der Waals surface area contributed by atoms with Gasteiger partial charge in [0.2, 0.25) is 5.88 Å². The Labute approximate surface area is 219 Å². The summed E-state index contributed by atoms with van der Waals surface area (Å²) in [6.07, 6.45) is -7.04. The third-order valence-electron chi connectivity index (χ3n) is 6.13. The summed E-state index contributed by atoms with van der Waals surface area (Å²) in [5.41, 5.74) is 0.209. The van der Waals surface area contributed by atoms with Gasteiger partial charge < -0.3 is 19.9 Å². The number of fused-ring (bicyclic) bond motifs is 1. The summed E-state index contributed by atoms with van der Waals surface area (Å²) >= 11 is 0. The summed E-state index contributed by atoms with van der Waals surface area (Å²) in [6, 6.07) is 2.72. The lowest BCUT2D eigenvalue weighted by Gasteiger charge is -2.20. The molecule has 4 aromatic rings. The summed E-state index contributed by atoms with van der Waals surface area (Å²) in [5.74, 6) is -1.27. The van der Waals surface area contributed by atoms with Crippen molar-refractivity contribution in [2.24, 2.45) is 7.05 Å². The Kier molecular flexibility index (Phi) is 7.29. The first-order valence-corrected chi connectivity index (χ1v) is 11.8. The van der Waals surface area contributed by atoms with Crippen molar-refractivity contribution in [1.82, 2.24) is 29.1 Å². The van der Waals surface area contributed by atoms with Crippen LogP contribution in [0.4, 0.5) is 29.1 Å². The van der Waals surface area contributed by atoms with Crippen molar-refractivity contribution in [2.75, 3.05) is 12.4 Å². The van der Waals surface area contributed by atoms with Gasteiger partial charge in [0.25, 0.3) is 0 Å². The summed E-state index contributed by atoms with van der Waals surface area (Å²) < 4.78 is 70.2. The molecule has 3 heterocycles. The maximum absolute atomic E-state index is 16.1. The van der Waals surface area contributed by atoms with Gasteiger partial charge in [-0.05, 0) is 39.3 Å². The van der Waals surface area contributed by atoms with Crippen LogP contribution < -0.4 is 20.5 Å². The number of hydrogen-bond donors (Lipinski definition) is 2. The van der Waals surface area contributed by atoms with Gasteiger partial charge in [-0.25, -0.2) is 14.2 Å². The van der Waals surface area contributed by atoms with Crippen LogP contribution in [0.25, 0.3) is 16.6 Å². The molecule has 0 aliphatic carbocycles. The first-order chi connectivity index (χ1) is 18.3. The second kappa shape index (κ2) is 10.2. The molecule has 0 bridgehead atoms. The SMILES string of the molecule is CCn1c(CO)nn(-c2cc(O[C@@H](C)C(F)(F)F)c3c(Nc4c(C)cc(C)nc4OC)nn(C)c3c2F)c1=O. The van der Waals surface area contributed by atoms with Crippen LogP contribution in [0.3, 0.4) is 0 Å². The van der Waals surface area contributed by atoms with Crippen LogP contribution in [-0.2, 0) is 20.2 Å². The van der Waals surface area contributed by atoms with E-state index in [1.165, 1.54) is 14.2 Å². The minimum atomic E-state index is -4.75. The monoisotopic (exact) mass is 553 g/mol.